The second-order valence-electron chi connectivity index (χ2n) is 18.1. The van der Waals surface area contributed by atoms with Crippen LogP contribution in [0.4, 0.5) is 0 Å². The highest BCUT2D eigenvalue weighted by Crippen LogP contribution is 2.42. The highest BCUT2D eigenvalue weighted by molar-refractivity contribution is 5.95. The van der Waals surface area contributed by atoms with E-state index < -0.39 is 29.6 Å². The number of carbonyl (C=O) groups excluding carboxylic acids is 4. The third-order valence-electron chi connectivity index (χ3n) is 12.8. The van der Waals surface area contributed by atoms with E-state index in [1.54, 1.807) is 23.2 Å². The Labute approximate surface area is 376 Å². The van der Waals surface area contributed by atoms with Gasteiger partial charge in [-0.2, -0.15) is 0 Å². The van der Waals surface area contributed by atoms with Crippen molar-refractivity contribution in [2.45, 2.75) is 104 Å². The maximum Gasteiger partial charge on any atom is 0.302 e. The molecule has 0 saturated carbocycles. The van der Waals surface area contributed by atoms with Crippen LogP contribution < -0.4 is 10.7 Å². The second kappa shape index (κ2) is 20.2. The Bertz CT molecular complexity index is 2350. The number of amides is 3. The maximum absolute atomic E-state index is 14.3. The zero-order valence-electron chi connectivity index (χ0n) is 38.4. The number of nitrogens with one attached hydrogen (secondary N) is 2. The Morgan fingerprint density at radius 3 is 2.56 bits per heavy atom. The van der Waals surface area contributed by atoms with Crippen LogP contribution in [0.15, 0.2) is 73.4 Å². The Balaban J connectivity index is 1.21. The van der Waals surface area contributed by atoms with E-state index in [0.717, 1.165) is 62.9 Å². The van der Waals surface area contributed by atoms with Crippen molar-refractivity contribution >= 4 is 34.6 Å². The van der Waals surface area contributed by atoms with Crippen LogP contribution in [-0.4, -0.2) is 114 Å². The standard InChI is InChI=1S/C50H64N6O8/c1-9-44(58)54-27-37(28-54)64-43-29-62-31(3)45(43)48(59)53-41(49(60)56-22-12-11-21-52-56)24-34-15-13-16-35(23-34)36-18-19-42-39(25-36)40(26-50(6,7)30-63-33(5)57)47(55(42)10-2)38-17-14-20-51-46(38)32(4)61-8/h9,13-20,23,25,31-32,37,41,43,45,52H,1,10-12,21-22,24,26-30H2,2-8H3,(H,53,59)/t31-,32+,41+,43-,45-/m1/s1. The monoisotopic (exact) mass is 876 g/mol. The number of methoxy groups -OCH3 is 1. The van der Waals surface area contributed by atoms with Crippen molar-refractivity contribution in [2.75, 3.05) is 46.5 Å². The lowest BCUT2D eigenvalue weighted by Gasteiger charge is -2.40. The molecule has 5 heterocycles. The van der Waals surface area contributed by atoms with Crippen LogP contribution >= 0.6 is 0 Å². The van der Waals surface area contributed by atoms with Crippen molar-refractivity contribution in [1.29, 1.82) is 0 Å². The molecule has 14 heteroatoms. The van der Waals surface area contributed by atoms with Gasteiger partial charge in [-0.15, -0.1) is 0 Å². The molecule has 0 spiro atoms. The van der Waals surface area contributed by atoms with E-state index in [1.807, 2.05) is 32.0 Å². The van der Waals surface area contributed by atoms with Crippen molar-refractivity contribution in [3.05, 3.63) is 90.3 Å². The van der Waals surface area contributed by atoms with Gasteiger partial charge in [0.05, 0.1) is 54.9 Å². The van der Waals surface area contributed by atoms with Gasteiger partial charge in [0.2, 0.25) is 11.8 Å². The number of pyridine rings is 1. The third kappa shape index (κ3) is 10.3. The Kier molecular flexibility index (Phi) is 14.7. The minimum absolute atomic E-state index is 0.152. The summed E-state index contributed by atoms with van der Waals surface area (Å²) in [4.78, 5) is 58.9. The SMILES string of the molecule is C=CC(=O)N1CC(O[C@@H]2CO[C@H](C)[C@H]2C(=O)N[C@@H](Cc2cccc(-c3ccc4c(c3)c(CC(C)(C)COC(C)=O)c(-c3cccnc3[C@H](C)OC)n4CC)c2)C(=O)N2CCCCN2)C1. The zero-order chi connectivity index (χ0) is 45.7. The topological polar surface area (TPSA) is 154 Å². The summed E-state index contributed by atoms with van der Waals surface area (Å²) >= 11 is 0. The summed E-state index contributed by atoms with van der Waals surface area (Å²) in [5, 5.41) is 5.85. The fourth-order valence-electron chi connectivity index (χ4n) is 9.29. The quantitative estimate of drug-likeness (QED) is 0.0927. The number of fused-ring (bicyclic) bond motifs is 1. The fourth-order valence-corrected chi connectivity index (χ4v) is 9.29. The van der Waals surface area contributed by atoms with E-state index in [9.17, 15) is 19.2 Å². The first-order valence-electron chi connectivity index (χ1n) is 22.6. The van der Waals surface area contributed by atoms with Crippen LogP contribution in [0.5, 0.6) is 0 Å². The number of hydrogen-bond donors (Lipinski definition) is 2. The number of benzene rings is 2. The van der Waals surface area contributed by atoms with Gasteiger partial charge in [0, 0.05) is 81.3 Å². The van der Waals surface area contributed by atoms with Crippen molar-refractivity contribution in [3.8, 4) is 22.4 Å². The number of nitrogens with zero attached hydrogens (tertiary/aromatic N) is 4. The number of ether oxygens (including phenoxy) is 4. The minimum Gasteiger partial charge on any atom is -0.465 e. The molecule has 0 bridgehead atoms. The maximum atomic E-state index is 14.3. The Morgan fingerprint density at radius 2 is 1.86 bits per heavy atom. The van der Waals surface area contributed by atoms with E-state index >= 15 is 0 Å². The van der Waals surface area contributed by atoms with Gasteiger partial charge in [0.25, 0.3) is 5.91 Å². The number of hydrazine groups is 1. The summed E-state index contributed by atoms with van der Waals surface area (Å²) < 4.78 is 26.0. The largest absolute Gasteiger partial charge is 0.465 e. The molecule has 342 valence electrons. The van der Waals surface area contributed by atoms with Crippen molar-refractivity contribution < 1.29 is 38.1 Å². The lowest BCUT2D eigenvalue weighted by molar-refractivity contribution is -0.151. The molecule has 3 amide bonds. The predicted molar refractivity (Wildman–Crippen MR) is 245 cm³/mol. The molecule has 5 atom stereocenters. The number of carbonyl (C=O) groups is 4. The molecule has 3 aliphatic heterocycles. The molecule has 0 unspecified atom stereocenters. The molecular weight excluding hydrogens is 813 g/mol. The highest BCUT2D eigenvalue weighted by Gasteiger charge is 2.45. The van der Waals surface area contributed by atoms with Crippen molar-refractivity contribution in [2.24, 2.45) is 11.3 Å². The molecule has 14 nitrogen and oxygen atoms in total. The van der Waals surface area contributed by atoms with Gasteiger partial charge < -0.3 is 33.7 Å². The lowest BCUT2D eigenvalue weighted by atomic mass is 9.84. The Hall–Kier alpha value is -5.41. The summed E-state index contributed by atoms with van der Waals surface area (Å²) in [5.41, 5.74) is 10.8. The van der Waals surface area contributed by atoms with Gasteiger partial charge in [0.1, 0.15) is 6.04 Å². The van der Waals surface area contributed by atoms with E-state index in [0.29, 0.717) is 39.1 Å². The molecule has 0 aliphatic carbocycles. The minimum atomic E-state index is -0.857. The van der Waals surface area contributed by atoms with Crippen LogP contribution in [0.25, 0.3) is 33.3 Å². The van der Waals surface area contributed by atoms with Gasteiger partial charge in [-0.05, 0) is 92.6 Å². The highest BCUT2D eigenvalue weighted by atomic mass is 16.6. The first-order valence-corrected chi connectivity index (χ1v) is 22.6. The summed E-state index contributed by atoms with van der Waals surface area (Å²) in [6, 6.07) is 17.9. The molecular formula is C50H64N6O8. The average molecular weight is 877 g/mol. The molecule has 0 radical (unpaired) electrons. The molecule has 3 saturated heterocycles. The van der Waals surface area contributed by atoms with Crippen LogP contribution in [0.1, 0.15) is 77.3 Å². The molecule has 3 fully saturated rings. The molecule has 64 heavy (non-hydrogen) atoms. The first-order chi connectivity index (χ1) is 30.7. The van der Waals surface area contributed by atoms with Crippen LogP contribution in [0.2, 0.25) is 0 Å². The second-order valence-corrected chi connectivity index (χ2v) is 18.1. The fraction of sp³-hybridized carbons (Fsp3) is 0.500. The summed E-state index contributed by atoms with van der Waals surface area (Å²) in [6.07, 6.45) is 4.40. The van der Waals surface area contributed by atoms with Gasteiger partial charge in [-0.1, -0.05) is 50.8 Å². The van der Waals surface area contributed by atoms with Crippen molar-refractivity contribution in [3.63, 3.8) is 0 Å². The van der Waals surface area contributed by atoms with E-state index in [2.05, 4.69) is 79.1 Å². The van der Waals surface area contributed by atoms with Gasteiger partial charge in [0.15, 0.2) is 0 Å². The number of hydrogen-bond acceptors (Lipinski definition) is 10. The summed E-state index contributed by atoms with van der Waals surface area (Å²) in [6.45, 7) is 18.5. The van der Waals surface area contributed by atoms with Gasteiger partial charge >= 0.3 is 5.97 Å². The van der Waals surface area contributed by atoms with E-state index in [-0.39, 0.29) is 55.5 Å². The van der Waals surface area contributed by atoms with Crippen LogP contribution in [0, 0.1) is 11.3 Å². The number of aryl methyl sites for hydroxylation is 1. The zero-order valence-corrected chi connectivity index (χ0v) is 38.4. The van der Waals surface area contributed by atoms with Gasteiger partial charge in [-0.3, -0.25) is 29.2 Å². The Morgan fingerprint density at radius 1 is 1.08 bits per heavy atom. The number of likely N-dealkylation sites (tertiary alicyclic amines) is 1. The molecule has 7 rings (SSSR count). The first kappa shape index (κ1) is 46.6. The number of aromatic nitrogens is 2. The molecule has 4 aromatic rings. The molecule has 3 aliphatic rings. The summed E-state index contributed by atoms with van der Waals surface area (Å²) in [7, 11) is 1.69. The molecule has 2 aromatic carbocycles. The predicted octanol–water partition coefficient (Wildman–Crippen LogP) is 6.20. The lowest BCUT2D eigenvalue weighted by Crippen LogP contribution is -2.58. The molecule has 2 aromatic heterocycles. The van der Waals surface area contributed by atoms with Gasteiger partial charge in [-0.25, -0.2) is 5.43 Å². The third-order valence-corrected chi connectivity index (χ3v) is 12.8. The summed E-state index contributed by atoms with van der Waals surface area (Å²) in [5.74, 6) is -1.61. The smallest absolute Gasteiger partial charge is 0.302 e. The number of esters is 1. The normalized spacial score (nSPS) is 20.1. The van der Waals surface area contributed by atoms with Crippen LogP contribution in [0.3, 0.4) is 0 Å². The molecule has 2 N–H and O–H groups in total. The average Bonchev–Trinajstić information content (AvgIpc) is 3.81. The van der Waals surface area contributed by atoms with Crippen LogP contribution in [-0.2, 0) is 57.5 Å². The van der Waals surface area contributed by atoms with E-state index in [4.69, 9.17) is 23.9 Å². The van der Waals surface area contributed by atoms with E-state index in [1.165, 1.54) is 13.0 Å². The number of rotatable bonds is 17. The van der Waals surface area contributed by atoms with Crippen molar-refractivity contribution in [1.82, 2.24) is 30.2 Å².